The minimum Gasteiger partial charge on any atom is -0.323 e. The molecular weight excluding hydrogens is 178 g/mol. The highest BCUT2D eigenvalue weighted by molar-refractivity contribution is 5.80. The van der Waals surface area contributed by atoms with Crippen LogP contribution in [0.15, 0.2) is 0 Å². The zero-order chi connectivity index (χ0) is 10.0. The minimum absolute atomic E-state index is 0.0966. The topological polar surface area (TPSA) is 32.3 Å². The zero-order valence-corrected chi connectivity index (χ0v) is 7.76. The smallest absolute Gasteiger partial charge is 0.240 e. The Bertz CT molecular complexity index is 199. The van der Waals surface area contributed by atoms with E-state index in [-0.39, 0.29) is 25.0 Å². The van der Waals surface area contributed by atoms with Crippen molar-refractivity contribution in [2.45, 2.75) is 38.9 Å². The summed E-state index contributed by atoms with van der Waals surface area (Å²) in [5.74, 6) is -0.0966. The molecule has 5 heteroatoms. The predicted octanol–water partition coefficient (Wildman–Crippen LogP) is 0.808. The number of carbonyl (C=O) groups excluding carboxylic acids is 1. The molecule has 0 aliphatic carbocycles. The lowest BCUT2D eigenvalue weighted by Gasteiger charge is -2.27. The number of alkyl halides is 2. The fraction of sp³-hybridized carbons (Fsp3) is 0.875. The summed E-state index contributed by atoms with van der Waals surface area (Å²) in [5, 5.41) is 2.90. The number of amides is 1. The zero-order valence-electron chi connectivity index (χ0n) is 7.76. The average Bonchev–Trinajstić information content (AvgIpc) is 2.29. The molecule has 1 saturated heterocycles. The lowest BCUT2D eigenvalue weighted by Crippen LogP contribution is -2.42. The first-order chi connectivity index (χ1) is 6.02. The van der Waals surface area contributed by atoms with Gasteiger partial charge in [0.05, 0.1) is 12.7 Å². The highest BCUT2D eigenvalue weighted by Gasteiger charge is 2.31. The van der Waals surface area contributed by atoms with E-state index in [1.165, 1.54) is 4.90 Å². The Labute approximate surface area is 76.1 Å². The Hall–Kier alpha value is -0.710. The van der Waals surface area contributed by atoms with Gasteiger partial charge in [-0.3, -0.25) is 10.1 Å². The van der Waals surface area contributed by atoms with Gasteiger partial charge < -0.3 is 4.90 Å². The van der Waals surface area contributed by atoms with Gasteiger partial charge in [0.2, 0.25) is 12.3 Å². The number of halogens is 2. The van der Waals surface area contributed by atoms with Crippen molar-refractivity contribution in [1.29, 1.82) is 0 Å². The fourth-order valence-electron chi connectivity index (χ4n) is 1.64. The van der Waals surface area contributed by atoms with Gasteiger partial charge in [-0.15, -0.1) is 0 Å². The van der Waals surface area contributed by atoms with E-state index in [1.807, 2.05) is 0 Å². The number of hydrogen-bond acceptors (Lipinski definition) is 2. The molecule has 0 aromatic rings. The molecule has 0 saturated carbocycles. The van der Waals surface area contributed by atoms with Crippen LogP contribution in [0, 0.1) is 0 Å². The summed E-state index contributed by atoms with van der Waals surface area (Å²) in [6, 6.07) is -0.391. The van der Waals surface area contributed by atoms with Crippen molar-refractivity contribution in [3.8, 4) is 0 Å². The Kier molecular flexibility index (Phi) is 3.19. The Morgan fingerprint density at radius 3 is 2.69 bits per heavy atom. The van der Waals surface area contributed by atoms with Crippen LogP contribution >= 0.6 is 0 Å². The third-order valence-electron chi connectivity index (χ3n) is 2.25. The summed E-state index contributed by atoms with van der Waals surface area (Å²) >= 11 is 0. The van der Waals surface area contributed by atoms with Crippen molar-refractivity contribution < 1.29 is 13.6 Å². The maximum absolute atomic E-state index is 12.0. The molecule has 1 amide bonds. The van der Waals surface area contributed by atoms with Gasteiger partial charge in [-0.1, -0.05) is 0 Å². The molecule has 2 unspecified atom stereocenters. The second kappa shape index (κ2) is 4.00. The molecule has 1 heterocycles. The molecule has 1 aliphatic heterocycles. The van der Waals surface area contributed by atoms with E-state index < -0.39 is 12.5 Å². The number of nitrogens with zero attached hydrogens (tertiary/aromatic N) is 1. The normalized spacial score (nSPS) is 25.8. The minimum atomic E-state index is -2.35. The van der Waals surface area contributed by atoms with Crippen molar-refractivity contribution in [2.75, 3.05) is 6.54 Å². The van der Waals surface area contributed by atoms with Crippen LogP contribution in [-0.2, 0) is 4.79 Å². The molecule has 1 rings (SSSR count). The van der Waals surface area contributed by atoms with Gasteiger partial charge in [-0.2, -0.15) is 0 Å². The molecule has 0 radical (unpaired) electrons. The molecule has 2 atom stereocenters. The van der Waals surface area contributed by atoms with E-state index in [4.69, 9.17) is 0 Å². The quantitative estimate of drug-likeness (QED) is 0.717. The summed E-state index contributed by atoms with van der Waals surface area (Å²) in [6.45, 7) is 3.70. The van der Waals surface area contributed by atoms with Crippen LogP contribution in [0.1, 0.15) is 20.3 Å². The Balaban J connectivity index is 2.53. The first-order valence-electron chi connectivity index (χ1n) is 4.35. The van der Waals surface area contributed by atoms with Gasteiger partial charge in [0.25, 0.3) is 0 Å². The van der Waals surface area contributed by atoms with Gasteiger partial charge in [0.15, 0.2) is 0 Å². The summed E-state index contributed by atoms with van der Waals surface area (Å²) in [5.41, 5.74) is 0. The molecule has 13 heavy (non-hydrogen) atoms. The standard InChI is InChI=1S/C8H14F2N2O/c1-5(3-7(9)10)12-6(2)11-4-8(12)13/h5-7,11H,3-4H2,1-2H3. The highest BCUT2D eigenvalue weighted by Crippen LogP contribution is 2.15. The molecule has 1 aliphatic rings. The summed E-state index contributed by atoms with van der Waals surface area (Å²) in [7, 11) is 0. The van der Waals surface area contributed by atoms with Crippen LogP contribution in [0.25, 0.3) is 0 Å². The molecule has 1 fully saturated rings. The lowest BCUT2D eigenvalue weighted by molar-refractivity contribution is -0.130. The maximum atomic E-state index is 12.0. The number of rotatable bonds is 3. The van der Waals surface area contributed by atoms with Crippen LogP contribution in [0.5, 0.6) is 0 Å². The summed E-state index contributed by atoms with van der Waals surface area (Å²) < 4.78 is 24.1. The van der Waals surface area contributed by atoms with Gasteiger partial charge in [0.1, 0.15) is 0 Å². The average molecular weight is 192 g/mol. The number of nitrogens with one attached hydrogen (secondary N) is 1. The van der Waals surface area contributed by atoms with Gasteiger partial charge >= 0.3 is 0 Å². The third-order valence-corrected chi connectivity index (χ3v) is 2.25. The van der Waals surface area contributed by atoms with Crippen LogP contribution < -0.4 is 5.32 Å². The Morgan fingerprint density at radius 2 is 2.31 bits per heavy atom. The van der Waals surface area contributed by atoms with Crippen molar-refractivity contribution in [2.24, 2.45) is 0 Å². The van der Waals surface area contributed by atoms with E-state index in [0.29, 0.717) is 0 Å². The molecule has 1 N–H and O–H groups in total. The first kappa shape index (κ1) is 10.4. The summed E-state index contributed by atoms with van der Waals surface area (Å²) in [6.07, 6.45) is -2.73. The van der Waals surface area contributed by atoms with Crippen LogP contribution in [-0.4, -0.2) is 36.0 Å². The van der Waals surface area contributed by atoms with Gasteiger partial charge in [0, 0.05) is 12.5 Å². The van der Waals surface area contributed by atoms with Crippen molar-refractivity contribution in [3.05, 3.63) is 0 Å². The monoisotopic (exact) mass is 192 g/mol. The second-order valence-electron chi connectivity index (χ2n) is 3.33. The predicted molar refractivity (Wildman–Crippen MR) is 44.4 cm³/mol. The van der Waals surface area contributed by atoms with Crippen molar-refractivity contribution in [3.63, 3.8) is 0 Å². The van der Waals surface area contributed by atoms with E-state index >= 15 is 0 Å². The molecule has 3 nitrogen and oxygen atoms in total. The number of hydrogen-bond donors (Lipinski definition) is 1. The molecule has 0 aromatic heterocycles. The van der Waals surface area contributed by atoms with Gasteiger partial charge in [-0.25, -0.2) is 8.78 Å². The molecule has 0 spiro atoms. The summed E-state index contributed by atoms with van der Waals surface area (Å²) in [4.78, 5) is 12.7. The van der Waals surface area contributed by atoms with Crippen molar-refractivity contribution >= 4 is 5.91 Å². The number of carbonyl (C=O) groups is 1. The van der Waals surface area contributed by atoms with Crippen LogP contribution in [0.2, 0.25) is 0 Å². The van der Waals surface area contributed by atoms with Gasteiger partial charge in [-0.05, 0) is 13.8 Å². The second-order valence-corrected chi connectivity index (χ2v) is 3.33. The molecule has 0 aromatic carbocycles. The first-order valence-corrected chi connectivity index (χ1v) is 4.35. The third kappa shape index (κ3) is 2.37. The van der Waals surface area contributed by atoms with E-state index in [1.54, 1.807) is 13.8 Å². The Morgan fingerprint density at radius 1 is 1.69 bits per heavy atom. The largest absolute Gasteiger partial charge is 0.323 e. The van der Waals surface area contributed by atoms with E-state index in [0.717, 1.165) is 0 Å². The SMILES string of the molecule is CC(CC(F)F)N1C(=O)CNC1C. The highest BCUT2D eigenvalue weighted by atomic mass is 19.3. The molecule has 0 bridgehead atoms. The van der Waals surface area contributed by atoms with E-state index in [9.17, 15) is 13.6 Å². The molecule has 76 valence electrons. The van der Waals surface area contributed by atoms with E-state index in [2.05, 4.69) is 5.32 Å². The lowest BCUT2D eigenvalue weighted by atomic mass is 10.2. The van der Waals surface area contributed by atoms with Crippen molar-refractivity contribution in [1.82, 2.24) is 10.2 Å². The molecular formula is C8H14F2N2O. The van der Waals surface area contributed by atoms with Crippen LogP contribution in [0.4, 0.5) is 8.78 Å². The maximum Gasteiger partial charge on any atom is 0.240 e. The van der Waals surface area contributed by atoms with Crippen LogP contribution in [0.3, 0.4) is 0 Å². The fourth-order valence-corrected chi connectivity index (χ4v) is 1.64.